The predicted molar refractivity (Wildman–Crippen MR) is 160 cm³/mol. The Kier molecular flexibility index (Phi) is 11.0. The molecule has 0 aliphatic heterocycles. The second-order valence-corrected chi connectivity index (χ2v) is 11.9. The third kappa shape index (κ3) is 7.79. The van der Waals surface area contributed by atoms with Crippen molar-refractivity contribution in [3.8, 4) is 5.75 Å². The minimum absolute atomic E-state index is 0.0637. The number of nitrogens with one attached hydrogen (secondary N) is 1. The molecule has 0 radical (unpaired) electrons. The molecule has 214 valence electrons. The van der Waals surface area contributed by atoms with Crippen LogP contribution >= 0.6 is 11.8 Å². The SMILES string of the molecule is CCNC(=O)[C@@H](C)N(Cc1ccc(C)cc1)C(=O)CN(c1ccc(OCC)cc1)S(=O)(=O)c1ccc(SC)cc1. The lowest BCUT2D eigenvalue weighted by atomic mass is 10.1. The molecule has 10 heteroatoms. The third-order valence-electron chi connectivity index (χ3n) is 6.35. The molecular formula is C30H37N3O5S2. The van der Waals surface area contributed by atoms with Crippen molar-refractivity contribution in [1.29, 1.82) is 0 Å². The summed E-state index contributed by atoms with van der Waals surface area (Å²) in [5.41, 5.74) is 2.21. The molecule has 3 rings (SSSR count). The van der Waals surface area contributed by atoms with Crippen molar-refractivity contribution >= 4 is 39.3 Å². The van der Waals surface area contributed by atoms with Crippen LogP contribution in [0.25, 0.3) is 0 Å². The van der Waals surface area contributed by atoms with E-state index in [4.69, 9.17) is 4.74 Å². The van der Waals surface area contributed by atoms with Crippen LogP contribution in [0.15, 0.2) is 82.6 Å². The Hall–Kier alpha value is -3.50. The molecule has 0 unspecified atom stereocenters. The standard InChI is InChI=1S/C30H37N3O5S2/c1-6-31-30(35)23(4)32(20-24-10-8-22(3)9-11-24)29(34)21-33(25-12-14-26(15-13-25)38-7-2)40(36,37)28-18-16-27(39-5)17-19-28/h8-19,23H,6-7,20-21H2,1-5H3,(H,31,35)/t23-/m1/s1. The van der Waals surface area contributed by atoms with Gasteiger partial charge in [-0.15, -0.1) is 11.8 Å². The van der Waals surface area contributed by atoms with Crippen molar-refractivity contribution in [2.75, 3.05) is 30.3 Å². The number of nitrogens with zero attached hydrogens (tertiary/aromatic N) is 2. The number of carbonyl (C=O) groups excluding carboxylic acids is 2. The molecule has 2 amide bonds. The average molecular weight is 584 g/mol. The molecule has 0 saturated carbocycles. The summed E-state index contributed by atoms with van der Waals surface area (Å²) in [7, 11) is -4.13. The van der Waals surface area contributed by atoms with Crippen LogP contribution < -0.4 is 14.4 Å². The van der Waals surface area contributed by atoms with Gasteiger partial charge >= 0.3 is 0 Å². The quantitative estimate of drug-likeness (QED) is 0.289. The highest BCUT2D eigenvalue weighted by Gasteiger charge is 2.32. The van der Waals surface area contributed by atoms with Gasteiger partial charge in [-0.3, -0.25) is 13.9 Å². The number of ether oxygens (including phenoxy) is 1. The highest BCUT2D eigenvalue weighted by atomic mass is 32.2. The van der Waals surface area contributed by atoms with Crippen molar-refractivity contribution in [3.05, 3.63) is 83.9 Å². The maximum Gasteiger partial charge on any atom is 0.264 e. The highest BCUT2D eigenvalue weighted by molar-refractivity contribution is 7.98. The van der Waals surface area contributed by atoms with E-state index in [1.54, 1.807) is 50.2 Å². The average Bonchev–Trinajstić information content (AvgIpc) is 2.96. The van der Waals surface area contributed by atoms with E-state index >= 15 is 0 Å². The number of hydrogen-bond donors (Lipinski definition) is 1. The number of anilines is 1. The topological polar surface area (TPSA) is 96.0 Å². The van der Waals surface area contributed by atoms with E-state index in [2.05, 4.69) is 5.32 Å². The van der Waals surface area contributed by atoms with E-state index in [0.717, 1.165) is 20.3 Å². The zero-order valence-electron chi connectivity index (χ0n) is 23.6. The van der Waals surface area contributed by atoms with E-state index in [0.29, 0.717) is 24.6 Å². The molecule has 0 saturated heterocycles. The smallest absolute Gasteiger partial charge is 0.264 e. The number of benzene rings is 3. The van der Waals surface area contributed by atoms with Crippen LogP contribution in [-0.2, 0) is 26.2 Å². The number of hydrogen-bond acceptors (Lipinski definition) is 6. The molecular weight excluding hydrogens is 546 g/mol. The highest BCUT2D eigenvalue weighted by Crippen LogP contribution is 2.28. The van der Waals surface area contributed by atoms with Gasteiger partial charge in [0.05, 0.1) is 17.2 Å². The molecule has 1 atom stereocenters. The number of rotatable bonds is 13. The van der Waals surface area contributed by atoms with E-state index in [1.807, 2.05) is 44.4 Å². The van der Waals surface area contributed by atoms with Crippen molar-refractivity contribution < 1.29 is 22.7 Å². The molecule has 1 N–H and O–H groups in total. The van der Waals surface area contributed by atoms with Crippen LogP contribution in [0.5, 0.6) is 5.75 Å². The van der Waals surface area contributed by atoms with Crippen LogP contribution in [-0.4, -0.2) is 57.1 Å². The Labute approximate surface area is 241 Å². The molecule has 0 aliphatic carbocycles. The summed E-state index contributed by atoms with van der Waals surface area (Å²) < 4.78 is 34.5. The summed E-state index contributed by atoms with van der Waals surface area (Å²) >= 11 is 1.50. The fraction of sp³-hybridized carbons (Fsp3) is 0.333. The number of amides is 2. The van der Waals surface area contributed by atoms with Crippen molar-refractivity contribution in [3.63, 3.8) is 0 Å². The molecule has 3 aromatic carbocycles. The summed E-state index contributed by atoms with van der Waals surface area (Å²) in [6, 6.07) is 20.0. The second-order valence-electron chi connectivity index (χ2n) is 9.19. The first-order chi connectivity index (χ1) is 19.1. The predicted octanol–water partition coefficient (Wildman–Crippen LogP) is 4.86. The van der Waals surface area contributed by atoms with E-state index in [-0.39, 0.29) is 17.3 Å². The zero-order valence-corrected chi connectivity index (χ0v) is 25.2. The van der Waals surface area contributed by atoms with Crippen LogP contribution in [0.4, 0.5) is 5.69 Å². The fourth-order valence-corrected chi connectivity index (χ4v) is 5.90. The first kappa shape index (κ1) is 31.0. The summed E-state index contributed by atoms with van der Waals surface area (Å²) in [6.07, 6.45) is 1.91. The van der Waals surface area contributed by atoms with E-state index < -0.39 is 28.5 Å². The third-order valence-corrected chi connectivity index (χ3v) is 8.89. The number of likely N-dealkylation sites (N-methyl/N-ethyl adjacent to an activating group) is 1. The van der Waals surface area contributed by atoms with Gasteiger partial charge in [0.2, 0.25) is 11.8 Å². The molecule has 8 nitrogen and oxygen atoms in total. The van der Waals surface area contributed by atoms with Gasteiger partial charge in [0.15, 0.2) is 0 Å². The second kappa shape index (κ2) is 14.2. The van der Waals surface area contributed by atoms with E-state index in [9.17, 15) is 18.0 Å². The van der Waals surface area contributed by atoms with Crippen molar-refractivity contribution in [2.24, 2.45) is 0 Å². The van der Waals surface area contributed by atoms with Crippen molar-refractivity contribution in [2.45, 2.75) is 50.1 Å². The first-order valence-electron chi connectivity index (χ1n) is 13.1. The molecule has 40 heavy (non-hydrogen) atoms. The summed E-state index contributed by atoms with van der Waals surface area (Å²) in [6.45, 7) is 7.82. The fourth-order valence-electron chi connectivity index (χ4n) is 4.07. The lowest BCUT2D eigenvalue weighted by molar-refractivity contribution is -0.139. The molecule has 0 aromatic heterocycles. The van der Waals surface area contributed by atoms with E-state index in [1.165, 1.54) is 28.8 Å². The van der Waals surface area contributed by atoms with Gasteiger partial charge in [0.25, 0.3) is 10.0 Å². The van der Waals surface area contributed by atoms with Gasteiger partial charge < -0.3 is 15.0 Å². The van der Waals surface area contributed by atoms with Gasteiger partial charge in [0, 0.05) is 18.0 Å². The Morgan fingerprint density at radius 2 is 1.57 bits per heavy atom. The molecule has 0 fully saturated rings. The number of aryl methyl sites for hydroxylation is 1. The van der Waals surface area contributed by atoms with Crippen LogP contribution in [0.3, 0.4) is 0 Å². The largest absolute Gasteiger partial charge is 0.494 e. The van der Waals surface area contributed by atoms with Crippen LogP contribution in [0, 0.1) is 6.92 Å². The summed E-state index contributed by atoms with van der Waals surface area (Å²) in [5.74, 6) is -0.228. The Morgan fingerprint density at radius 1 is 0.950 bits per heavy atom. The number of sulfonamides is 1. The summed E-state index contributed by atoms with van der Waals surface area (Å²) in [5, 5.41) is 2.77. The summed E-state index contributed by atoms with van der Waals surface area (Å²) in [4.78, 5) is 29.1. The number of carbonyl (C=O) groups is 2. The van der Waals surface area contributed by atoms with Crippen LogP contribution in [0.1, 0.15) is 31.9 Å². The van der Waals surface area contributed by atoms with Gasteiger partial charge in [-0.25, -0.2) is 8.42 Å². The molecule has 0 bridgehead atoms. The van der Waals surface area contributed by atoms with Gasteiger partial charge in [0.1, 0.15) is 18.3 Å². The molecule has 0 aliphatic rings. The normalized spacial score (nSPS) is 11.9. The Morgan fingerprint density at radius 3 is 2.12 bits per heavy atom. The van der Waals surface area contributed by atoms with Gasteiger partial charge in [-0.1, -0.05) is 29.8 Å². The lowest BCUT2D eigenvalue weighted by Crippen LogP contribution is -2.51. The Balaban J connectivity index is 2.02. The molecule has 3 aromatic rings. The number of thioether (sulfide) groups is 1. The first-order valence-corrected chi connectivity index (χ1v) is 15.8. The van der Waals surface area contributed by atoms with Crippen LogP contribution in [0.2, 0.25) is 0 Å². The zero-order chi connectivity index (χ0) is 29.3. The monoisotopic (exact) mass is 583 g/mol. The van der Waals surface area contributed by atoms with Gasteiger partial charge in [-0.05, 0) is 88.0 Å². The van der Waals surface area contributed by atoms with Crippen molar-refractivity contribution in [1.82, 2.24) is 10.2 Å². The minimum atomic E-state index is -4.13. The maximum absolute atomic E-state index is 13.9. The molecule has 0 heterocycles. The minimum Gasteiger partial charge on any atom is -0.494 e. The Bertz CT molecular complexity index is 1380. The van der Waals surface area contributed by atoms with Gasteiger partial charge in [-0.2, -0.15) is 0 Å². The molecule has 0 spiro atoms. The lowest BCUT2D eigenvalue weighted by Gasteiger charge is -2.32. The maximum atomic E-state index is 13.9.